The van der Waals surface area contributed by atoms with Gasteiger partial charge in [-0.25, -0.2) is 0 Å². The Bertz CT molecular complexity index is 1160. The highest BCUT2D eigenvalue weighted by Crippen LogP contribution is 2.37. The molecule has 1 N–H and O–H groups in total. The van der Waals surface area contributed by atoms with Gasteiger partial charge in [0, 0.05) is 3.57 Å². The molecular weight excluding hydrogens is 571 g/mol. The smallest absolute Gasteiger partial charge is 0.266 e. The number of nitriles is 1. The number of carbonyl (C=O) groups is 1. The van der Waals surface area contributed by atoms with Gasteiger partial charge in [0.15, 0.2) is 11.5 Å². The number of anilines is 1. The van der Waals surface area contributed by atoms with Crippen LogP contribution in [-0.4, -0.2) is 13.0 Å². The van der Waals surface area contributed by atoms with Gasteiger partial charge in [-0.2, -0.15) is 5.26 Å². The Morgan fingerprint density at radius 2 is 1.87 bits per heavy atom. The zero-order chi connectivity index (χ0) is 22.2. The molecule has 156 valence electrons. The molecule has 0 aromatic heterocycles. The first kappa shape index (κ1) is 22.8. The normalized spacial score (nSPS) is 10.8. The molecule has 0 unspecified atom stereocenters. The lowest BCUT2D eigenvalue weighted by Crippen LogP contribution is -2.14. The Morgan fingerprint density at radius 3 is 2.55 bits per heavy atom. The van der Waals surface area contributed by atoms with Crippen LogP contribution in [0.3, 0.4) is 0 Å². The minimum atomic E-state index is -0.480. The Morgan fingerprint density at radius 1 is 1.16 bits per heavy atom. The number of halogens is 2. The molecule has 0 spiro atoms. The predicted molar refractivity (Wildman–Crippen MR) is 133 cm³/mol. The number of methoxy groups -OCH3 is 1. The van der Waals surface area contributed by atoms with Gasteiger partial charge in [0.1, 0.15) is 18.2 Å². The van der Waals surface area contributed by atoms with E-state index in [1.165, 1.54) is 6.08 Å². The van der Waals surface area contributed by atoms with Gasteiger partial charge in [-0.3, -0.25) is 4.79 Å². The summed E-state index contributed by atoms with van der Waals surface area (Å²) in [6.07, 6.45) is 1.51. The molecule has 0 aliphatic heterocycles. The van der Waals surface area contributed by atoms with Crippen LogP contribution in [0.1, 0.15) is 11.1 Å². The summed E-state index contributed by atoms with van der Waals surface area (Å²) in [6, 6.07) is 22.6. The van der Waals surface area contributed by atoms with Crippen molar-refractivity contribution in [1.82, 2.24) is 0 Å². The van der Waals surface area contributed by atoms with Gasteiger partial charge in [0.05, 0.1) is 17.3 Å². The molecule has 0 atom stereocenters. The number of nitrogens with zero attached hydrogens (tertiary/aromatic N) is 1. The quantitative estimate of drug-likeness (QED) is 0.203. The molecule has 0 heterocycles. The van der Waals surface area contributed by atoms with Crippen molar-refractivity contribution in [3.8, 4) is 17.6 Å². The summed E-state index contributed by atoms with van der Waals surface area (Å²) in [7, 11) is 1.54. The maximum absolute atomic E-state index is 12.6. The predicted octanol–water partition coefficient (Wildman–Crippen LogP) is 6.19. The molecule has 0 aliphatic rings. The second-order valence-corrected chi connectivity index (χ2v) is 8.43. The number of para-hydroxylation sites is 1. The van der Waals surface area contributed by atoms with E-state index in [0.29, 0.717) is 33.8 Å². The maximum atomic E-state index is 12.6. The Labute approximate surface area is 203 Å². The standard InChI is InChI=1S/C24H18BrIN2O3/c1-30-22-13-17(12-19(25)23(22)31-15-16-7-3-2-4-8-16)11-18(14-27)24(29)28-21-10-6-5-9-20(21)26/h2-13H,15H2,1H3,(H,28,29)/b18-11-. The Hall–Kier alpha value is -2.83. The molecule has 1 amide bonds. The first-order valence-corrected chi connectivity index (χ1v) is 11.1. The summed E-state index contributed by atoms with van der Waals surface area (Å²) in [6.45, 7) is 0.381. The second kappa shape index (κ2) is 11.0. The van der Waals surface area contributed by atoms with Crippen molar-refractivity contribution < 1.29 is 14.3 Å². The minimum absolute atomic E-state index is 0.0217. The summed E-state index contributed by atoms with van der Waals surface area (Å²) >= 11 is 5.63. The van der Waals surface area contributed by atoms with Crippen LogP contribution in [0.4, 0.5) is 5.69 Å². The van der Waals surface area contributed by atoms with E-state index in [9.17, 15) is 10.1 Å². The fourth-order valence-electron chi connectivity index (χ4n) is 2.76. The number of ether oxygens (including phenoxy) is 2. The fraction of sp³-hybridized carbons (Fsp3) is 0.0833. The molecule has 0 fully saturated rings. The molecule has 7 heteroatoms. The average molecular weight is 589 g/mol. The average Bonchev–Trinajstić information content (AvgIpc) is 2.78. The Balaban J connectivity index is 1.83. The van der Waals surface area contributed by atoms with Crippen molar-refractivity contribution in [3.63, 3.8) is 0 Å². The van der Waals surface area contributed by atoms with E-state index >= 15 is 0 Å². The van der Waals surface area contributed by atoms with Crippen molar-refractivity contribution in [1.29, 1.82) is 5.26 Å². The van der Waals surface area contributed by atoms with Gasteiger partial charge < -0.3 is 14.8 Å². The van der Waals surface area contributed by atoms with Crippen molar-refractivity contribution in [2.24, 2.45) is 0 Å². The molecule has 3 aromatic carbocycles. The molecule has 0 saturated carbocycles. The van der Waals surface area contributed by atoms with Crippen LogP contribution in [0.5, 0.6) is 11.5 Å². The summed E-state index contributed by atoms with van der Waals surface area (Å²) in [4.78, 5) is 12.6. The number of benzene rings is 3. The van der Waals surface area contributed by atoms with Gasteiger partial charge in [-0.15, -0.1) is 0 Å². The van der Waals surface area contributed by atoms with Crippen LogP contribution in [0, 0.1) is 14.9 Å². The lowest BCUT2D eigenvalue weighted by molar-refractivity contribution is -0.112. The van der Waals surface area contributed by atoms with Crippen molar-refractivity contribution >= 4 is 56.2 Å². The molecule has 5 nitrogen and oxygen atoms in total. The van der Waals surface area contributed by atoms with Crippen LogP contribution in [0.2, 0.25) is 0 Å². The largest absolute Gasteiger partial charge is 0.493 e. The lowest BCUT2D eigenvalue weighted by Gasteiger charge is -2.14. The van der Waals surface area contributed by atoms with Crippen molar-refractivity contribution in [3.05, 3.63) is 91.5 Å². The van der Waals surface area contributed by atoms with E-state index in [2.05, 4.69) is 43.8 Å². The van der Waals surface area contributed by atoms with Gasteiger partial charge in [0.2, 0.25) is 0 Å². The van der Waals surface area contributed by atoms with E-state index in [1.54, 1.807) is 25.3 Å². The number of hydrogen-bond donors (Lipinski definition) is 1. The third-order valence-corrected chi connectivity index (χ3v) is 5.81. The van der Waals surface area contributed by atoms with Crippen molar-refractivity contribution in [2.75, 3.05) is 12.4 Å². The van der Waals surface area contributed by atoms with E-state index in [0.717, 1.165) is 9.13 Å². The Kier molecular flexibility index (Phi) is 8.09. The number of nitrogens with one attached hydrogen (secondary N) is 1. The number of rotatable bonds is 7. The van der Waals surface area contributed by atoms with Crippen LogP contribution >= 0.6 is 38.5 Å². The highest BCUT2D eigenvalue weighted by molar-refractivity contribution is 14.1. The molecular formula is C24H18BrIN2O3. The molecule has 31 heavy (non-hydrogen) atoms. The molecule has 3 rings (SSSR count). The monoisotopic (exact) mass is 588 g/mol. The second-order valence-electron chi connectivity index (χ2n) is 6.41. The molecule has 0 bridgehead atoms. The highest BCUT2D eigenvalue weighted by atomic mass is 127. The summed E-state index contributed by atoms with van der Waals surface area (Å²) in [5.74, 6) is 0.559. The maximum Gasteiger partial charge on any atom is 0.266 e. The molecule has 0 radical (unpaired) electrons. The SMILES string of the molecule is COc1cc(/C=C(/C#N)C(=O)Nc2ccccc2I)cc(Br)c1OCc1ccccc1. The highest BCUT2D eigenvalue weighted by Gasteiger charge is 2.15. The zero-order valence-electron chi connectivity index (χ0n) is 16.6. The van der Waals surface area contributed by atoms with Gasteiger partial charge in [0.25, 0.3) is 5.91 Å². The number of hydrogen-bond acceptors (Lipinski definition) is 4. The van der Waals surface area contributed by atoms with E-state index in [-0.39, 0.29) is 5.57 Å². The zero-order valence-corrected chi connectivity index (χ0v) is 20.3. The molecule has 0 saturated heterocycles. The summed E-state index contributed by atoms with van der Waals surface area (Å²) in [5.41, 5.74) is 2.29. The summed E-state index contributed by atoms with van der Waals surface area (Å²) < 4.78 is 12.9. The first-order chi connectivity index (χ1) is 15.0. The minimum Gasteiger partial charge on any atom is -0.493 e. The lowest BCUT2D eigenvalue weighted by atomic mass is 10.1. The molecule has 3 aromatic rings. The van der Waals surface area contributed by atoms with E-state index in [1.807, 2.05) is 54.6 Å². The van der Waals surface area contributed by atoms with Crippen LogP contribution in [-0.2, 0) is 11.4 Å². The number of carbonyl (C=O) groups excluding carboxylic acids is 1. The third-order valence-electron chi connectivity index (χ3n) is 4.28. The van der Waals surface area contributed by atoms with E-state index < -0.39 is 5.91 Å². The third kappa shape index (κ3) is 6.09. The molecule has 0 aliphatic carbocycles. The summed E-state index contributed by atoms with van der Waals surface area (Å²) in [5, 5.41) is 12.3. The fourth-order valence-corrected chi connectivity index (χ4v) is 3.86. The van der Waals surface area contributed by atoms with E-state index in [4.69, 9.17) is 9.47 Å². The first-order valence-electron chi connectivity index (χ1n) is 9.23. The van der Waals surface area contributed by atoms with Gasteiger partial charge in [-0.1, -0.05) is 42.5 Å². The van der Waals surface area contributed by atoms with Crippen LogP contribution < -0.4 is 14.8 Å². The van der Waals surface area contributed by atoms with Gasteiger partial charge in [-0.05, 0) is 80.0 Å². The van der Waals surface area contributed by atoms with Crippen LogP contribution in [0.15, 0.2) is 76.8 Å². The van der Waals surface area contributed by atoms with Crippen LogP contribution in [0.25, 0.3) is 6.08 Å². The topological polar surface area (TPSA) is 71.3 Å². The van der Waals surface area contributed by atoms with Crippen molar-refractivity contribution in [2.45, 2.75) is 6.61 Å². The number of amides is 1. The van der Waals surface area contributed by atoms with Gasteiger partial charge >= 0.3 is 0 Å².